The van der Waals surface area contributed by atoms with E-state index in [0.29, 0.717) is 23.0 Å². The van der Waals surface area contributed by atoms with Crippen LogP contribution in [-0.4, -0.2) is 34.5 Å². The molecule has 1 atom stereocenters. The van der Waals surface area contributed by atoms with Gasteiger partial charge >= 0.3 is 5.97 Å². The molecular formula is C13H13BrINO3. The first-order valence-electron chi connectivity index (χ1n) is 5.99. The minimum absolute atomic E-state index is 0.211. The number of benzene rings is 1. The van der Waals surface area contributed by atoms with E-state index in [1.807, 2.05) is 12.1 Å². The SMILES string of the molecule is O=C(O)C1CCCCN1C(=O)c1cc(I)ccc1Br. The topological polar surface area (TPSA) is 57.6 Å². The van der Waals surface area contributed by atoms with E-state index in [9.17, 15) is 14.7 Å². The van der Waals surface area contributed by atoms with Crippen molar-refractivity contribution in [1.82, 2.24) is 4.90 Å². The molecule has 1 heterocycles. The van der Waals surface area contributed by atoms with Crippen LogP contribution in [0.5, 0.6) is 0 Å². The van der Waals surface area contributed by atoms with Gasteiger partial charge in [0.1, 0.15) is 6.04 Å². The van der Waals surface area contributed by atoms with E-state index in [4.69, 9.17) is 0 Å². The lowest BCUT2D eigenvalue weighted by Gasteiger charge is -2.33. The molecule has 0 bridgehead atoms. The van der Waals surface area contributed by atoms with Crippen LogP contribution >= 0.6 is 38.5 Å². The quantitative estimate of drug-likeness (QED) is 0.723. The number of aliphatic carboxylic acids is 1. The number of hydrogen-bond donors (Lipinski definition) is 1. The second kappa shape index (κ2) is 6.21. The first-order chi connectivity index (χ1) is 9.00. The highest BCUT2D eigenvalue weighted by Gasteiger charge is 2.33. The van der Waals surface area contributed by atoms with Crippen LogP contribution in [0.15, 0.2) is 22.7 Å². The van der Waals surface area contributed by atoms with E-state index in [2.05, 4.69) is 38.5 Å². The number of likely N-dealkylation sites (tertiary alicyclic amines) is 1. The van der Waals surface area contributed by atoms with Gasteiger partial charge in [0.25, 0.3) is 5.91 Å². The summed E-state index contributed by atoms with van der Waals surface area (Å²) < 4.78 is 1.65. The van der Waals surface area contributed by atoms with Gasteiger partial charge in [0.2, 0.25) is 0 Å². The zero-order valence-electron chi connectivity index (χ0n) is 10.1. The summed E-state index contributed by atoms with van der Waals surface area (Å²) in [5.74, 6) is -1.13. The molecule has 0 aromatic heterocycles. The summed E-state index contributed by atoms with van der Waals surface area (Å²) in [6, 6.07) is 4.78. The minimum Gasteiger partial charge on any atom is -0.480 e. The average Bonchev–Trinajstić information content (AvgIpc) is 2.40. The number of carbonyl (C=O) groups excluding carboxylic acids is 1. The average molecular weight is 438 g/mol. The van der Waals surface area contributed by atoms with Crippen molar-refractivity contribution < 1.29 is 14.7 Å². The van der Waals surface area contributed by atoms with Gasteiger partial charge in [-0.15, -0.1) is 0 Å². The molecule has 1 amide bonds. The van der Waals surface area contributed by atoms with Crippen LogP contribution in [0.4, 0.5) is 0 Å². The Morgan fingerprint density at radius 2 is 2.11 bits per heavy atom. The molecule has 0 spiro atoms. The highest BCUT2D eigenvalue weighted by Crippen LogP contribution is 2.25. The fourth-order valence-electron chi connectivity index (χ4n) is 2.25. The number of halogens is 2. The number of piperidine rings is 1. The Morgan fingerprint density at radius 3 is 2.79 bits per heavy atom. The lowest BCUT2D eigenvalue weighted by Crippen LogP contribution is -2.48. The Hall–Kier alpha value is -0.630. The first kappa shape index (κ1) is 14.8. The summed E-state index contributed by atoms with van der Waals surface area (Å²) in [7, 11) is 0. The van der Waals surface area contributed by atoms with Gasteiger partial charge in [0, 0.05) is 14.6 Å². The second-order valence-electron chi connectivity index (χ2n) is 4.47. The molecule has 1 unspecified atom stereocenters. The zero-order valence-corrected chi connectivity index (χ0v) is 13.8. The lowest BCUT2D eigenvalue weighted by atomic mass is 10.0. The third-order valence-electron chi connectivity index (χ3n) is 3.21. The van der Waals surface area contributed by atoms with Gasteiger partial charge < -0.3 is 10.0 Å². The van der Waals surface area contributed by atoms with Gasteiger partial charge in [0.15, 0.2) is 0 Å². The summed E-state index contributed by atoms with van der Waals surface area (Å²) in [6.07, 6.45) is 2.24. The molecule has 1 aliphatic rings. The monoisotopic (exact) mass is 437 g/mol. The van der Waals surface area contributed by atoms with Gasteiger partial charge in [-0.05, 0) is 76.0 Å². The van der Waals surface area contributed by atoms with E-state index in [0.717, 1.165) is 16.4 Å². The number of carboxylic acid groups (broad SMARTS) is 1. The van der Waals surface area contributed by atoms with Gasteiger partial charge in [0.05, 0.1) is 5.56 Å². The second-order valence-corrected chi connectivity index (χ2v) is 6.57. The van der Waals surface area contributed by atoms with Crippen LogP contribution in [0.25, 0.3) is 0 Å². The highest BCUT2D eigenvalue weighted by atomic mass is 127. The molecule has 1 aromatic rings. The Bertz CT molecular complexity index is 521. The molecule has 1 aliphatic heterocycles. The number of amides is 1. The van der Waals surface area contributed by atoms with Crippen LogP contribution in [0.2, 0.25) is 0 Å². The van der Waals surface area contributed by atoms with Crippen LogP contribution in [0.3, 0.4) is 0 Å². The van der Waals surface area contributed by atoms with Gasteiger partial charge in [-0.2, -0.15) is 0 Å². The Labute approximate surface area is 133 Å². The van der Waals surface area contributed by atoms with Crippen molar-refractivity contribution in [3.63, 3.8) is 0 Å². The maximum absolute atomic E-state index is 12.5. The van der Waals surface area contributed by atoms with Crippen LogP contribution in [0, 0.1) is 3.57 Å². The zero-order chi connectivity index (χ0) is 14.0. The smallest absolute Gasteiger partial charge is 0.326 e. The number of carbonyl (C=O) groups is 2. The van der Waals surface area contributed by atoms with Crippen molar-refractivity contribution in [2.45, 2.75) is 25.3 Å². The summed E-state index contributed by atoms with van der Waals surface area (Å²) in [5, 5.41) is 9.22. The van der Waals surface area contributed by atoms with Crippen molar-refractivity contribution in [1.29, 1.82) is 0 Å². The highest BCUT2D eigenvalue weighted by molar-refractivity contribution is 14.1. The molecule has 1 saturated heterocycles. The van der Waals surface area contributed by atoms with Crippen molar-refractivity contribution >= 4 is 50.4 Å². The summed E-state index contributed by atoms with van der Waals surface area (Å²) in [4.78, 5) is 25.2. The van der Waals surface area contributed by atoms with E-state index in [1.165, 1.54) is 4.90 Å². The summed E-state index contributed by atoms with van der Waals surface area (Å²) in [6.45, 7) is 0.508. The Morgan fingerprint density at radius 1 is 1.37 bits per heavy atom. The number of nitrogens with zero attached hydrogens (tertiary/aromatic N) is 1. The van der Waals surface area contributed by atoms with Crippen molar-refractivity contribution in [3.8, 4) is 0 Å². The molecule has 0 saturated carbocycles. The molecule has 1 fully saturated rings. The number of rotatable bonds is 2. The maximum Gasteiger partial charge on any atom is 0.326 e. The van der Waals surface area contributed by atoms with Gasteiger partial charge in [-0.3, -0.25) is 4.79 Å². The largest absolute Gasteiger partial charge is 0.480 e. The summed E-state index contributed by atoms with van der Waals surface area (Å²) >= 11 is 5.49. The van der Waals surface area contributed by atoms with Crippen molar-refractivity contribution in [3.05, 3.63) is 31.8 Å². The molecule has 1 aromatic carbocycles. The molecule has 0 radical (unpaired) electrons. The van der Waals surface area contributed by atoms with Crippen molar-refractivity contribution in [2.24, 2.45) is 0 Å². The standard InChI is InChI=1S/C13H13BrINO3/c14-10-5-4-8(15)7-9(10)12(17)16-6-2-1-3-11(16)13(18)19/h4-5,7,11H,1-3,6H2,(H,18,19). The Balaban J connectivity index is 2.31. The van der Waals surface area contributed by atoms with Crippen LogP contribution in [-0.2, 0) is 4.79 Å². The molecule has 19 heavy (non-hydrogen) atoms. The molecule has 0 aliphatic carbocycles. The third-order valence-corrected chi connectivity index (χ3v) is 4.57. The predicted molar refractivity (Wildman–Crippen MR) is 83.2 cm³/mol. The normalized spacial score (nSPS) is 19.3. The fraction of sp³-hybridized carbons (Fsp3) is 0.385. The third kappa shape index (κ3) is 3.28. The van der Waals surface area contributed by atoms with E-state index in [1.54, 1.807) is 6.07 Å². The number of hydrogen-bond acceptors (Lipinski definition) is 2. The predicted octanol–water partition coefficient (Wildman–Crippen LogP) is 3.13. The molecule has 102 valence electrons. The minimum atomic E-state index is -0.921. The molecule has 1 N–H and O–H groups in total. The fourth-order valence-corrected chi connectivity index (χ4v) is 3.15. The van der Waals surface area contributed by atoms with Gasteiger partial charge in [-0.1, -0.05) is 0 Å². The van der Waals surface area contributed by atoms with Gasteiger partial charge in [-0.25, -0.2) is 4.79 Å². The lowest BCUT2D eigenvalue weighted by molar-refractivity contribution is -0.143. The summed E-state index contributed by atoms with van der Waals surface area (Å²) in [5.41, 5.74) is 0.528. The van der Waals surface area contributed by atoms with Crippen LogP contribution in [0.1, 0.15) is 29.6 Å². The first-order valence-corrected chi connectivity index (χ1v) is 7.86. The molecule has 6 heteroatoms. The van der Waals surface area contributed by atoms with Crippen molar-refractivity contribution in [2.75, 3.05) is 6.54 Å². The Kier molecular flexibility index (Phi) is 4.83. The van der Waals surface area contributed by atoms with Crippen LogP contribution < -0.4 is 0 Å². The molecule has 4 nitrogen and oxygen atoms in total. The van der Waals surface area contributed by atoms with E-state index >= 15 is 0 Å². The maximum atomic E-state index is 12.5. The molecule has 2 rings (SSSR count). The molecular weight excluding hydrogens is 425 g/mol. The van der Waals surface area contributed by atoms with E-state index in [-0.39, 0.29) is 5.91 Å². The van der Waals surface area contributed by atoms with E-state index < -0.39 is 12.0 Å². The number of carboxylic acids is 1.